The summed E-state index contributed by atoms with van der Waals surface area (Å²) < 4.78 is 5.18. The van der Waals surface area contributed by atoms with Crippen LogP contribution in [0.2, 0.25) is 0 Å². The fourth-order valence-electron chi connectivity index (χ4n) is 3.87. The molecule has 0 radical (unpaired) electrons. The number of ether oxygens (including phenoxy) is 1. The lowest BCUT2D eigenvalue weighted by atomic mass is 10.1. The van der Waals surface area contributed by atoms with Crippen LogP contribution in [0.25, 0.3) is 0 Å². The van der Waals surface area contributed by atoms with Gasteiger partial charge in [0, 0.05) is 12.2 Å². The standard InChI is InChI=1S/C26H25N3O3S/c1-32-22-14-12-21(13-15-22)29-24(30)18-23(25(29)31)28(17-16-19-8-4-2-5-9-19)26(33)27-20-10-6-3-7-11-20/h2-15,23H,16-18H2,1H3,(H,27,33)/t23-/m0/s1. The Morgan fingerprint density at radius 2 is 1.64 bits per heavy atom. The van der Waals surface area contributed by atoms with Crippen LogP contribution in [0, 0.1) is 0 Å². The summed E-state index contributed by atoms with van der Waals surface area (Å²) in [5.41, 5.74) is 2.49. The number of imide groups is 1. The summed E-state index contributed by atoms with van der Waals surface area (Å²) in [4.78, 5) is 29.4. The molecule has 1 heterocycles. The summed E-state index contributed by atoms with van der Waals surface area (Å²) in [6, 6.07) is 25.8. The molecular weight excluding hydrogens is 434 g/mol. The number of anilines is 2. The molecule has 2 amide bonds. The summed E-state index contributed by atoms with van der Waals surface area (Å²) in [6.07, 6.45) is 0.758. The normalized spacial score (nSPS) is 15.4. The molecule has 0 unspecified atom stereocenters. The van der Waals surface area contributed by atoms with Gasteiger partial charge in [-0.05, 0) is 60.6 Å². The lowest BCUT2D eigenvalue weighted by Gasteiger charge is -2.30. The van der Waals surface area contributed by atoms with E-state index in [9.17, 15) is 9.59 Å². The summed E-state index contributed by atoms with van der Waals surface area (Å²) in [5, 5.41) is 3.64. The van der Waals surface area contributed by atoms with Crippen molar-refractivity contribution in [1.82, 2.24) is 4.90 Å². The van der Waals surface area contributed by atoms with Crippen LogP contribution in [0.4, 0.5) is 11.4 Å². The second-order valence-electron chi connectivity index (χ2n) is 7.71. The summed E-state index contributed by atoms with van der Waals surface area (Å²) >= 11 is 5.71. The average Bonchev–Trinajstić information content (AvgIpc) is 3.14. The number of benzene rings is 3. The number of amides is 2. The van der Waals surface area contributed by atoms with Crippen LogP contribution in [0.1, 0.15) is 12.0 Å². The van der Waals surface area contributed by atoms with Gasteiger partial charge in [-0.1, -0.05) is 48.5 Å². The molecule has 3 aromatic rings. The third-order valence-corrected chi connectivity index (χ3v) is 5.94. The molecule has 1 N–H and O–H groups in total. The van der Waals surface area contributed by atoms with E-state index >= 15 is 0 Å². The number of hydrogen-bond donors (Lipinski definition) is 1. The van der Waals surface area contributed by atoms with Crippen molar-refractivity contribution in [3.63, 3.8) is 0 Å². The molecule has 1 atom stereocenters. The van der Waals surface area contributed by atoms with Crippen LogP contribution in [0.3, 0.4) is 0 Å². The molecule has 0 saturated carbocycles. The van der Waals surface area contributed by atoms with E-state index in [4.69, 9.17) is 17.0 Å². The van der Waals surface area contributed by atoms with Gasteiger partial charge in [-0.15, -0.1) is 0 Å². The molecule has 1 fully saturated rings. The number of thiocarbonyl (C=S) groups is 1. The molecule has 0 aromatic heterocycles. The van der Waals surface area contributed by atoms with E-state index in [2.05, 4.69) is 5.32 Å². The molecule has 1 aliphatic rings. The van der Waals surface area contributed by atoms with Crippen molar-refractivity contribution >= 4 is 40.5 Å². The second-order valence-corrected chi connectivity index (χ2v) is 8.10. The third kappa shape index (κ3) is 5.21. The monoisotopic (exact) mass is 459 g/mol. The zero-order valence-corrected chi connectivity index (χ0v) is 19.1. The number of carbonyl (C=O) groups excluding carboxylic acids is 2. The highest BCUT2D eigenvalue weighted by Gasteiger charge is 2.43. The fourth-order valence-corrected chi connectivity index (χ4v) is 4.21. The number of carbonyl (C=O) groups is 2. The summed E-state index contributed by atoms with van der Waals surface area (Å²) in [7, 11) is 1.57. The number of methoxy groups -OCH3 is 1. The zero-order valence-electron chi connectivity index (χ0n) is 18.3. The maximum Gasteiger partial charge on any atom is 0.257 e. The third-order valence-electron chi connectivity index (χ3n) is 5.60. The van der Waals surface area contributed by atoms with E-state index in [0.717, 1.165) is 11.3 Å². The molecular formula is C26H25N3O3S. The first-order chi connectivity index (χ1) is 16.1. The Morgan fingerprint density at radius 1 is 1.00 bits per heavy atom. The van der Waals surface area contributed by atoms with Crippen molar-refractivity contribution < 1.29 is 14.3 Å². The molecule has 33 heavy (non-hydrogen) atoms. The van der Waals surface area contributed by atoms with Crippen LogP contribution in [-0.2, 0) is 16.0 Å². The van der Waals surface area contributed by atoms with Gasteiger partial charge in [-0.2, -0.15) is 0 Å². The minimum atomic E-state index is -0.674. The van der Waals surface area contributed by atoms with Crippen LogP contribution in [0.5, 0.6) is 5.75 Å². The van der Waals surface area contributed by atoms with Gasteiger partial charge in [0.2, 0.25) is 5.91 Å². The van der Waals surface area contributed by atoms with E-state index in [1.54, 1.807) is 31.4 Å². The molecule has 0 aliphatic carbocycles. The van der Waals surface area contributed by atoms with Crippen molar-refractivity contribution in [2.45, 2.75) is 18.9 Å². The lowest BCUT2D eigenvalue weighted by molar-refractivity contribution is -0.122. The highest BCUT2D eigenvalue weighted by Crippen LogP contribution is 2.28. The van der Waals surface area contributed by atoms with Crippen LogP contribution in [0.15, 0.2) is 84.9 Å². The van der Waals surface area contributed by atoms with Crippen molar-refractivity contribution in [2.75, 3.05) is 23.9 Å². The molecule has 0 bridgehead atoms. The summed E-state index contributed by atoms with van der Waals surface area (Å²) in [5.74, 6) is 0.130. The number of nitrogens with zero attached hydrogens (tertiary/aromatic N) is 2. The molecule has 168 valence electrons. The van der Waals surface area contributed by atoms with Crippen molar-refractivity contribution in [3.05, 3.63) is 90.5 Å². The Hall–Kier alpha value is -3.71. The molecule has 7 heteroatoms. The van der Waals surface area contributed by atoms with Crippen molar-refractivity contribution in [2.24, 2.45) is 0 Å². The predicted octanol–water partition coefficient (Wildman–Crippen LogP) is 4.27. The Morgan fingerprint density at radius 3 is 2.27 bits per heavy atom. The minimum Gasteiger partial charge on any atom is -0.497 e. The van der Waals surface area contributed by atoms with E-state index in [-0.39, 0.29) is 18.2 Å². The number of rotatable bonds is 7. The van der Waals surface area contributed by atoms with Crippen LogP contribution >= 0.6 is 12.2 Å². The quantitative estimate of drug-likeness (QED) is 0.421. The van der Waals surface area contributed by atoms with E-state index < -0.39 is 6.04 Å². The maximum absolute atomic E-state index is 13.4. The van der Waals surface area contributed by atoms with E-state index in [1.165, 1.54) is 4.90 Å². The highest BCUT2D eigenvalue weighted by molar-refractivity contribution is 7.80. The number of hydrogen-bond acceptors (Lipinski definition) is 4. The smallest absolute Gasteiger partial charge is 0.257 e. The first-order valence-corrected chi connectivity index (χ1v) is 11.1. The van der Waals surface area contributed by atoms with Crippen molar-refractivity contribution in [1.29, 1.82) is 0 Å². The van der Waals surface area contributed by atoms with Crippen molar-refractivity contribution in [3.8, 4) is 5.75 Å². The molecule has 6 nitrogen and oxygen atoms in total. The van der Waals surface area contributed by atoms with E-state index in [1.807, 2.05) is 65.6 Å². The Labute approximate surface area is 198 Å². The van der Waals surface area contributed by atoms with Gasteiger partial charge >= 0.3 is 0 Å². The first kappa shape index (κ1) is 22.5. The number of para-hydroxylation sites is 1. The molecule has 4 rings (SSSR count). The topological polar surface area (TPSA) is 61.9 Å². The minimum absolute atomic E-state index is 0.0657. The van der Waals surface area contributed by atoms with Gasteiger partial charge in [0.1, 0.15) is 11.8 Å². The zero-order chi connectivity index (χ0) is 23.2. The number of nitrogens with one attached hydrogen (secondary N) is 1. The van der Waals surface area contributed by atoms with Gasteiger partial charge in [0.15, 0.2) is 5.11 Å². The largest absolute Gasteiger partial charge is 0.497 e. The Bertz CT molecular complexity index is 1120. The second kappa shape index (κ2) is 10.3. The molecule has 3 aromatic carbocycles. The van der Waals surface area contributed by atoms with Gasteiger partial charge in [0.25, 0.3) is 5.91 Å². The maximum atomic E-state index is 13.4. The molecule has 1 saturated heterocycles. The molecule has 0 spiro atoms. The van der Waals surface area contributed by atoms with Gasteiger partial charge < -0.3 is 15.0 Å². The average molecular weight is 460 g/mol. The summed E-state index contributed by atoms with van der Waals surface area (Å²) in [6.45, 7) is 0.503. The first-order valence-electron chi connectivity index (χ1n) is 10.7. The van der Waals surface area contributed by atoms with Gasteiger partial charge in [0.05, 0.1) is 19.2 Å². The highest BCUT2D eigenvalue weighted by atomic mass is 32.1. The predicted molar refractivity (Wildman–Crippen MR) is 133 cm³/mol. The Balaban J connectivity index is 1.57. The lowest BCUT2D eigenvalue weighted by Crippen LogP contribution is -2.48. The fraction of sp³-hybridized carbons (Fsp3) is 0.192. The van der Waals surface area contributed by atoms with Gasteiger partial charge in [-0.25, -0.2) is 4.90 Å². The molecule has 1 aliphatic heterocycles. The van der Waals surface area contributed by atoms with Gasteiger partial charge in [-0.3, -0.25) is 9.59 Å². The van der Waals surface area contributed by atoms with Crippen LogP contribution < -0.4 is 15.0 Å². The van der Waals surface area contributed by atoms with Crippen LogP contribution in [-0.4, -0.2) is 41.5 Å². The Kier molecular flexibility index (Phi) is 7.00. The SMILES string of the molecule is COc1ccc(N2C(=O)C[C@H](N(CCc3ccccc3)C(=S)Nc3ccccc3)C2=O)cc1. The van der Waals surface area contributed by atoms with E-state index in [0.29, 0.717) is 29.5 Å².